The van der Waals surface area contributed by atoms with Gasteiger partial charge in [0, 0.05) is 10.7 Å². The Hall–Kier alpha value is -0.590. The van der Waals surface area contributed by atoms with Crippen LogP contribution in [0.2, 0.25) is 0 Å². The minimum absolute atomic E-state index is 0.0548. The molecule has 0 amide bonds. The van der Waals surface area contributed by atoms with Gasteiger partial charge in [0.2, 0.25) is 0 Å². The van der Waals surface area contributed by atoms with E-state index in [1.165, 1.54) is 6.07 Å². The average molecular weight is 326 g/mol. The highest BCUT2D eigenvalue weighted by molar-refractivity contribution is 9.10. The standard InChI is InChI=1S/C9H10BrClN2O2S/c1-16(14,15)8-4-6(10)2-3-7(8)13-9(12)5-11/h2-4H,5H2,1H3,(H2,12,13). The van der Waals surface area contributed by atoms with Crippen molar-refractivity contribution >= 4 is 48.9 Å². The van der Waals surface area contributed by atoms with Crippen LogP contribution in [0.5, 0.6) is 0 Å². The molecule has 0 fully saturated rings. The number of hydrogen-bond donors (Lipinski definition) is 1. The second-order valence-corrected chi connectivity index (χ2v) is 6.29. The van der Waals surface area contributed by atoms with E-state index in [1.54, 1.807) is 12.1 Å². The van der Waals surface area contributed by atoms with Crippen LogP contribution >= 0.6 is 27.5 Å². The lowest BCUT2D eigenvalue weighted by molar-refractivity contribution is 0.602. The molecule has 0 unspecified atom stereocenters. The topological polar surface area (TPSA) is 72.5 Å². The Bertz CT molecular complexity index is 528. The highest BCUT2D eigenvalue weighted by Crippen LogP contribution is 2.27. The third-order valence-electron chi connectivity index (χ3n) is 1.72. The predicted molar refractivity (Wildman–Crippen MR) is 69.3 cm³/mol. The fourth-order valence-corrected chi connectivity index (χ4v) is 2.47. The van der Waals surface area contributed by atoms with Crippen molar-refractivity contribution in [1.82, 2.24) is 0 Å². The minimum atomic E-state index is -3.35. The van der Waals surface area contributed by atoms with Crippen LogP contribution in [0.1, 0.15) is 0 Å². The first-order valence-electron chi connectivity index (χ1n) is 4.23. The fraction of sp³-hybridized carbons (Fsp3) is 0.222. The predicted octanol–water partition coefficient (Wildman–Crippen LogP) is 2.08. The fourth-order valence-electron chi connectivity index (χ4n) is 1.06. The molecule has 0 spiro atoms. The minimum Gasteiger partial charge on any atom is -0.386 e. The second kappa shape index (κ2) is 5.16. The zero-order valence-corrected chi connectivity index (χ0v) is 11.6. The van der Waals surface area contributed by atoms with Gasteiger partial charge in [-0.2, -0.15) is 0 Å². The van der Waals surface area contributed by atoms with Gasteiger partial charge in [-0.05, 0) is 18.2 Å². The number of benzene rings is 1. The largest absolute Gasteiger partial charge is 0.386 e. The second-order valence-electron chi connectivity index (χ2n) is 3.12. The van der Waals surface area contributed by atoms with Gasteiger partial charge in [0.05, 0.1) is 16.5 Å². The molecule has 1 rings (SSSR count). The molecule has 88 valence electrons. The summed E-state index contributed by atoms with van der Waals surface area (Å²) in [6, 6.07) is 4.74. The van der Waals surface area contributed by atoms with Gasteiger partial charge in [-0.25, -0.2) is 13.4 Å². The maximum Gasteiger partial charge on any atom is 0.177 e. The number of amidine groups is 1. The van der Waals surface area contributed by atoms with Crippen molar-refractivity contribution in [1.29, 1.82) is 0 Å². The number of nitrogens with two attached hydrogens (primary N) is 1. The van der Waals surface area contributed by atoms with E-state index in [9.17, 15) is 8.42 Å². The zero-order valence-electron chi connectivity index (χ0n) is 8.44. The summed E-state index contributed by atoms with van der Waals surface area (Å²) in [6.07, 6.45) is 1.12. The summed E-state index contributed by atoms with van der Waals surface area (Å²) in [5.74, 6) is 0.230. The molecule has 0 bridgehead atoms. The monoisotopic (exact) mass is 324 g/mol. The number of halogens is 2. The molecule has 0 radical (unpaired) electrons. The number of nitrogens with zero attached hydrogens (tertiary/aromatic N) is 1. The van der Waals surface area contributed by atoms with Crippen LogP contribution in [0.4, 0.5) is 5.69 Å². The molecule has 0 heterocycles. The summed E-state index contributed by atoms with van der Waals surface area (Å²) in [4.78, 5) is 4.07. The third kappa shape index (κ3) is 3.47. The Morgan fingerprint density at radius 1 is 1.56 bits per heavy atom. The average Bonchev–Trinajstić information content (AvgIpc) is 2.19. The summed E-state index contributed by atoms with van der Waals surface area (Å²) in [7, 11) is -3.35. The van der Waals surface area contributed by atoms with Crippen LogP contribution in [0.3, 0.4) is 0 Å². The molecule has 4 nitrogen and oxygen atoms in total. The smallest absolute Gasteiger partial charge is 0.177 e. The van der Waals surface area contributed by atoms with E-state index >= 15 is 0 Å². The molecular formula is C9H10BrClN2O2S. The van der Waals surface area contributed by atoms with Crippen molar-refractivity contribution < 1.29 is 8.42 Å². The van der Waals surface area contributed by atoms with Crippen LogP contribution in [0.25, 0.3) is 0 Å². The Kier molecular flexibility index (Phi) is 4.35. The SMILES string of the molecule is CS(=O)(=O)c1cc(Br)ccc1N=C(N)CCl. The summed E-state index contributed by atoms with van der Waals surface area (Å²) >= 11 is 8.69. The number of aliphatic imine (C=N–C) groups is 1. The van der Waals surface area contributed by atoms with Crippen LogP contribution in [-0.4, -0.2) is 26.4 Å². The van der Waals surface area contributed by atoms with E-state index in [1.807, 2.05) is 0 Å². The first kappa shape index (κ1) is 13.5. The van der Waals surface area contributed by atoms with Gasteiger partial charge >= 0.3 is 0 Å². The summed E-state index contributed by atoms with van der Waals surface area (Å²) in [5.41, 5.74) is 5.76. The van der Waals surface area contributed by atoms with E-state index < -0.39 is 9.84 Å². The highest BCUT2D eigenvalue weighted by Gasteiger charge is 2.13. The lowest BCUT2D eigenvalue weighted by Gasteiger charge is -2.04. The van der Waals surface area contributed by atoms with Crippen LogP contribution in [0.15, 0.2) is 32.6 Å². The number of hydrogen-bond acceptors (Lipinski definition) is 3. The Morgan fingerprint density at radius 3 is 2.69 bits per heavy atom. The molecule has 0 aliphatic carbocycles. The van der Waals surface area contributed by atoms with Crippen molar-refractivity contribution in [2.45, 2.75) is 4.90 Å². The maximum absolute atomic E-state index is 11.5. The summed E-state index contributed by atoms with van der Waals surface area (Å²) in [6.45, 7) is 0. The lowest BCUT2D eigenvalue weighted by Crippen LogP contribution is -2.12. The van der Waals surface area contributed by atoms with Gasteiger partial charge in [0.15, 0.2) is 9.84 Å². The number of rotatable bonds is 3. The molecule has 16 heavy (non-hydrogen) atoms. The van der Waals surface area contributed by atoms with E-state index in [0.29, 0.717) is 10.2 Å². The van der Waals surface area contributed by atoms with E-state index in [2.05, 4.69) is 20.9 Å². The molecule has 0 aliphatic heterocycles. The molecule has 2 N–H and O–H groups in total. The molecule has 1 aromatic carbocycles. The number of alkyl halides is 1. The maximum atomic E-state index is 11.5. The van der Waals surface area contributed by atoms with Gasteiger partial charge in [0.25, 0.3) is 0 Å². The van der Waals surface area contributed by atoms with Gasteiger partial charge in [0.1, 0.15) is 5.84 Å². The molecule has 1 aromatic rings. The van der Waals surface area contributed by atoms with E-state index in [0.717, 1.165) is 6.26 Å². The molecule has 0 atom stereocenters. The van der Waals surface area contributed by atoms with Gasteiger partial charge in [-0.1, -0.05) is 15.9 Å². The lowest BCUT2D eigenvalue weighted by atomic mass is 10.3. The number of sulfone groups is 1. The van der Waals surface area contributed by atoms with Crippen molar-refractivity contribution in [3.05, 3.63) is 22.7 Å². The van der Waals surface area contributed by atoms with Crippen LogP contribution in [0, 0.1) is 0 Å². The van der Waals surface area contributed by atoms with E-state index in [-0.39, 0.29) is 16.6 Å². The Morgan fingerprint density at radius 2 is 2.19 bits per heavy atom. The quantitative estimate of drug-likeness (QED) is 0.525. The van der Waals surface area contributed by atoms with Gasteiger partial charge in [-0.3, -0.25) is 0 Å². The van der Waals surface area contributed by atoms with Gasteiger partial charge < -0.3 is 5.73 Å². The summed E-state index contributed by atoms with van der Waals surface area (Å²) in [5, 5.41) is 0. The van der Waals surface area contributed by atoms with Crippen molar-refractivity contribution in [2.24, 2.45) is 10.7 Å². The van der Waals surface area contributed by atoms with Crippen LogP contribution in [-0.2, 0) is 9.84 Å². The molecule has 0 saturated carbocycles. The first-order valence-corrected chi connectivity index (χ1v) is 7.45. The zero-order chi connectivity index (χ0) is 12.3. The highest BCUT2D eigenvalue weighted by atomic mass is 79.9. The molecule has 0 aliphatic rings. The molecule has 0 saturated heterocycles. The van der Waals surface area contributed by atoms with E-state index in [4.69, 9.17) is 17.3 Å². The van der Waals surface area contributed by atoms with Crippen LogP contribution < -0.4 is 5.73 Å². The molecule has 7 heteroatoms. The summed E-state index contributed by atoms with van der Waals surface area (Å²) < 4.78 is 23.7. The normalized spacial score (nSPS) is 12.8. The Labute approximate surface area is 108 Å². The van der Waals surface area contributed by atoms with Crippen molar-refractivity contribution in [3.63, 3.8) is 0 Å². The van der Waals surface area contributed by atoms with Gasteiger partial charge in [-0.15, -0.1) is 11.6 Å². The molecular weight excluding hydrogens is 316 g/mol. The third-order valence-corrected chi connectivity index (χ3v) is 3.62. The Balaban J connectivity index is 3.41. The van der Waals surface area contributed by atoms with Crippen molar-refractivity contribution in [3.8, 4) is 0 Å². The first-order chi connectivity index (χ1) is 7.34. The van der Waals surface area contributed by atoms with Crippen molar-refractivity contribution in [2.75, 3.05) is 12.1 Å². The molecule has 0 aromatic heterocycles.